The molecule has 2 aromatic carbocycles. The zero-order valence-electron chi connectivity index (χ0n) is 22.4. The predicted octanol–water partition coefficient (Wildman–Crippen LogP) is 7.13. The van der Waals surface area contributed by atoms with E-state index in [0.29, 0.717) is 29.3 Å². The zero-order chi connectivity index (χ0) is 27.7. The third kappa shape index (κ3) is 5.99. The molecule has 1 amide bonds. The van der Waals surface area contributed by atoms with Gasteiger partial charge < -0.3 is 4.90 Å². The van der Waals surface area contributed by atoms with Crippen LogP contribution in [-0.2, 0) is 14.8 Å². The predicted molar refractivity (Wildman–Crippen MR) is 156 cm³/mol. The van der Waals surface area contributed by atoms with Crippen LogP contribution in [0.25, 0.3) is 0 Å². The van der Waals surface area contributed by atoms with E-state index < -0.39 is 20.7 Å². The zero-order valence-corrected chi connectivity index (χ0v) is 24.7. The van der Waals surface area contributed by atoms with Gasteiger partial charge in [-0.1, -0.05) is 60.5 Å². The van der Waals surface area contributed by atoms with Crippen molar-refractivity contribution >= 4 is 39.1 Å². The molecular formula is C30H38Cl2N2O3S. The Hall–Kier alpha value is -1.86. The van der Waals surface area contributed by atoms with Crippen LogP contribution in [0.5, 0.6) is 0 Å². The molecule has 2 aliphatic rings. The van der Waals surface area contributed by atoms with Crippen LogP contribution in [0, 0.1) is 11.3 Å². The number of carbonyl (C=O) groups is 1. The first-order valence-electron chi connectivity index (χ1n) is 13.5. The normalized spacial score (nSPS) is 25.0. The number of piperidine rings is 1. The van der Waals surface area contributed by atoms with Gasteiger partial charge in [-0.15, -0.1) is 6.58 Å². The Labute approximate surface area is 237 Å². The topological polar surface area (TPSA) is 66.5 Å². The highest BCUT2D eigenvalue weighted by molar-refractivity contribution is 7.90. The Morgan fingerprint density at radius 1 is 1.11 bits per heavy atom. The second-order valence-electron chi connectivity index (χ2n) is 11.0. The van der Waals surface area contributed by atoms with Crippen molar-refractivity contribution in [2.75, 3.05) is 6.54 Å². The van der Waals surface area contributed by atoms with E-state index in [0.717, 1.165) is 24.0 Å². The largest absolute Gasteiger partial charge is 0.330 e. The standard InChI is InChI=1S/C30H38Cl2N2O3S/c1-5-16-30(6-2)18-26(23-8-7-9-25(32)17-23)28(22-12-14-24(31)15-13-22)34(29(30)35)27(21-10-11-21)19-33-38(36,37)20(3)4/h5,7-9,12-15,17,20-21,26-28,33H,1,6,10-11,16,18-19H2,2-4H3/t26?,27?,28-,30?/m1/s1. The summed E-state index contributed by atoms with van der Waals surface area (Å²) in [5.41, 5.74) is 1.41. The molecule has 1 aliphatic carbocycles. The van der Waals surface area contributed by atoms with Crippen molar-refractivity contribution in [1.82, 2.24) is 9.62 Å². The van der Waals surface area contributed by atoms with Gasteiger partial charge in [-0.2, -0.15) is 0 Å². The first kappa shape index (κ1) is 29.1. The average molecular weight is 578 g/mol. The van der Waals surface area contributed by atoms with E-state index in [1.807, 2.05) is 53.4 Å². The minimum absolute atomic E-state index is 0.0459. The Kier molecular flexibility index (Phi) is 8.98. The van der Waals surface area contributed by atoms with E-state index in [1.54, 1.807) is 13.8 Å². The number of nitrogens with zero attached hydrogens (tertiary/aromatic N) is 1. The van der Waals surface area contributed by atoms with Crippen LogP contribution in [0.4, 0.5) is 0 Å². The fraction of sp³-hybridized carbons (Fsp3) is 0.500. The molecule has 2 fully saturated rings. The maximum atomic E-state index is 14.6. The fourth-order valence-corrected chi connectivity index (χ4v) is 6.95. The molecule has 4 rings (SSSR count). The monoisotopic (exact) mass is 576 g/mol. The van der Waals surface area contributed by atoms with Crippen LogP contribution in [0.15, 0.2) is 61.2 Å². The third-order valence-corrected chi connectivity index (χ3v) is 10.6. The molecule has 5 nitrogen and oxygen atoms in total. The van der Waals surface area contributed by atoms with Gasteiger partial charge in [0, 0.05) is 28.5 Å². The summed E-state index contributed by atoms with van der Waals surface area (Å²) in [4.78, 5) is 16.7. The number of hydrogen-bond donors (Lipinski definition) is 1. The summed E-state index contributed by atoms with van der Waals surface area (Å²) in [6.07, 6.45) is 5.63. The molecule has 0 aromatic heterocycles. The quantitative estimate of drug-likeness (QED) is 0.289. The molecule has 1 heterocycles. The third-order valence-electron chi connectivity index (χ3n) is 8.32. The van der Waals surface area contributed by atoms with Gasteiger partial charge in [0.2, 0.25) is 15.9 Å². The number of hydrogen-bond acceptors (Lipinski definition) is 3. The van der Waals surface area contributed by atoms with Gasteiger partial charge in [-0.3, -0.25) is 4.79 Å². The number of carbonyl (C=O) groups excluding carboxylic acids is 1. The van der Waals surface area contributed by atoms with Crippen LogP contribution in [0.3, 0.4) is 0 Å². The van der Waals surface area contributed by atoms with Crippen LogP contribution >= 0.6 is 23.2 Å². The highest BCUT2D eigenvalue weighted by atomic mass is 35.5. The smallest absolute Gasteiger partial charge is 0.229 e. The molecule has 1 N–H and O–H groups in total. The van der Waals surface area contributed by atoms with E-state index in [2.05, 4.69) is 24.3 Å². The summed E-state index contributed by atoms with van der Waals surface area (Å²) in [5.74, 6) is 0.259. The Morgan fingerprint density at radius 3 is 2.34 bits per heavy atom. The Morgan fingerprint density at radius 2 is 1.79 bits per heavy atom. The van der Waals surface area contributed by atoms with Gasteiger partial charge >= 0.3 is 0 Å². The van der Waals surface area contributed by atoms with E-state index >= 15 is 0 Å². The summed E-state index contributed by atoms with van der Waals surface area (Å²) in [5, 5.41) is 0.719. The van der Waals surface area contributed by atoms with Gasteiger partial charge in [-0.25, -0.2) is 13.1 Å². The maximum absolute atomic E-state index is 14.6. The van der Waals surface area contributed by atoms with Gasteiger partial charge in [0.1, 0.15) is 0 Å². The second-order valence-corrected chi connectivity index (χ2v) is 14.2. The molecule has 1 saturated carbocycles. The molecule has 2 aromatic rings. The van der Waals surface area contributed by atoms with Crippen molar-refractivity contribution < 1.29 is 13.2 Å². The molecule has 38 heavy (non-hydrogen) atoms. The van der Waals surface area contributed by atoms with Crippen molar-refractivity contribution in [2.45, 2.75) is 76.1 Å². The minimum Gasteiger partial charge on any atom is -0.330 e. The van der Waals surface area contributed by atoms with Crippen LogP contribution in [0.1, 0.15) is 76.0 Å². The molecule has 8 heteroatoms. The number of nitrogens with one attached hydrogen (secondary N) is 1. The molecule has 4 atom stereocenters. The van der Waals surface area contributed by atoms with Crippen molar-refractivity contribution in [1.29, 1.82) is 0 Å². The van der Waals surface area contributed by atoms with Gasteiger partial charge in [0.25, 0.3) is 0 Å². The van der Waals surface area contributed by atoms with Gasteiger partial charge in [-0.05, 0) is 87.3 Å². The lowest BCUT2D eigenvalue weighted by molar-refractivity contribution is -0.156. The van der Waals surface area contributed by atoms with Crippen molar-refractivity contribution in [2.24, 2.45) is 11.3 Å². The minimum atomic E-state index is -3.50. The summed E-state index contributed by atoms with van der Waals surface area (Å²) in [6.45, 7) is 9.57. The molecule has 0 bridgehead atoms. The molecular weight excluding hydrogens is 539 g/mol. The lowest BCUT2D eigenvalue weighted by Gasteiger charge is -2.53. The van der Waals surface area contributed by atoms with Gasteiger partial charge in [0.15, 0.2) is 0 Å². The maximum Gasteiger partial charge on any atom is 0.229 e. The molecule has 0 spiro atoms. The van der Waals surface area contributed by atoms with Crippen molar-refractivity contribution in [3.63, 3.8) is 0 Å². The van der Waals surface area contributed by atoms with Crippen molar-refractivity contribution in [3.05, 3.63) is 82.4 Å². The number of likely N-dealkylation sites (tertiary alicyclic amines) is 1. The number of amides is 1. The van der Waals surface area contributed by atoms with E-state index in [-0.39, 0.29) is 36.4 Å². The number of allylic oxidation sites excluding steroid dienone is 1. The van der Waals surface area contributed by atoms with Crippen LogP contribution < -0.4 is 4.72 Å². The summed E-state index contributed by atoms with van der Waals surface area (Å²) in [6, 6.07) is 15.0. The number of rotatable bonds is 11. The van der Waals surface area contributed by atoms with Crippen LogP contribution in [0.2, 0.25) is 10.0 Å². The average Bonchev–Trinajstić information content (AvgIpc) is 3.72. The SMILES string of the molecule is C=CCC1(CC)CC(c2cccc(Cl)c2)[C@@H](c2ccc(Cl)cc2)N(C(CNS(=O)(=O)C(C)C)C2CC2)C1=O. The summed E-state index contributed by atoms with van der Waals surface area (Å²) < 4.78 is 28.4. The number of sulfonamides is 1. The fourth-order valence-electron chi connectivity index (χ4n) is 5.89. The van der Waals surface area contributed by atoms with E-state index in [4.69, 9.17) is 23.2 Å². The lowest BCUT2D eigenvalue weighted by atomic mass is 9.65. The van der Waals surface area contributed by atoms with E-state index in [9.17, 15) is 13.2 Å². The number of benzene rings is 2. The van der Waals surface area contributed by atoms with Crippen LogP contribution in [-0.4, -0.2) is 37.1 Å². The lowest BCUT2D eigenvalue weighted by Crippen LogP contribution is -2.59. The number of halogens is 2. The molecule has 0 radical (unpaired) electrons. The van der Waals surface area contributed by atoms with Crippen molar-refractivity contribution in [3.8, 4) is 0 Å². The molecule has 3 unspecified atom stereocenters. The second kappa shape index (κ2) is 11.7. The Balaban J connectivity index is 1.89. The summed E-state index contributed by atoms with van der Waals surface area (Å²) in [7, 11) is -3.50. The summed E-state index contributed by atoms with van der Waals surface area (Å²) >= 11 is 12.7. The first-order valence-corrected chi connectivity index (χ1v) is 15.8. The molecule has 1 aliphatic heterocycles. The Bertz CT molecular complexity index is 1260. The molecule has 206 valence electrons. The first-order chi connectivity index (χ1) is 18.0. The molecule has 1 saturated heterocycles. The highest BCUT2D eigenvalue weighted by Gasteiger charge is 2.54. The van der Waals surface area contributed by atoms with E-state index in [1.165, 1.54) is 0 Å². The highest BCUT2D eigenvalue weighted by Crippen LogP contribution is 2.55. The van der Waals surface area contributed by atoms with Gasteiger partial charge in [0.05, 0.1) is 16.7 Å².